The van der Waals surface area contributed by atoms with Gasteiger partial charge in [0.25, 0.3) is 11.8 Å². The molecule has 0 N–H and O–H groups in total. The van der Waals surface area contributed by atoms with Gasteiger partial charge in [0.05, 0.1) is 21.9 Å². The second kappa shape index (κ2) is 8.17. The smallest absolute Gasteiger partial charge is 0.452 e. The van der Waals surface area contributed by atoms with Gasteiger partial charge in [-0.3, -0.25) is 4.79 Å². The molecule has 1 saturated heterocycles. The summed E-state index contributed by atoms with van der Waals surface area (Å²) >= 11 is 0. The van der Waals surface area contributed by atoms with Gasteiger partial charge in [0.15, 0.2) is 15.9 Å². The minimum atomic E-state index is -4.70. The largest absolute Gasteiger partial charge is 0.484 e. The van der Waals surface area contributed by atoms with Gasteiger partial charge in [0, 0.05) is 31.5 Å². The van der Waals surface area contributed by atoms with Crippen molar-refractivity contribution < 1.29 is 44.4 Å². The zero-order chi connectivity index (χ0) is 26.0. The van der Waals surface area contributed by atoms with Gasteiger partial charge in [-0.2, -0.15) is 13.2 Å². The highest BCUT2D eigenvalue weighted by molar-refractivity contribution is 7.91. The number of piperidine rings is 1. The molecule has 2 aliphatic rings. The third-order valence-electron chi connectivity index (χ3n) is 6.67. The molecule has 4 rings (SSSR count). The summed E-state index contributed by atoms with van der Waals surface area (Å²) in [6, 6.07) is 4.26. The maximum atomic E-state index is 13.7. The Hall–Kier alpha value is -2.70. The zero-order valence-corrected chi connectivity index (χ0v) is 19.8. The lowest BCUT2D eigenvalue weighted by Crippen LogP contribution is -2.35. The first-order valence-corrected chi connectivity index (χ1v) is 12.5. The number of amides is 1. The maximum absolute atomic E-state index is 13.7. The summed E-state index contributed by atoms with van der Waals surface area (Å²) in [5, 5.41) is 3.57. The van der Waals surface area contributed by atoms with E-state index in [2.05, 4.69) is 9.68 Å². The Morgan fingerprint density at radius 1 is 1.29 bits per heavy atom. The van der Waals surface area contributed by atoms with Gasteiger partial charge in [-0.05, 0) is 37.5 Å². The average Bonchev–Trinajstić information content (AvgIpc) is 3.13. The van der Waals surface area contributed by atoms with Crippen LogP contribution in [0.15, 0.2) is 33.7 Å². The summed E-state index contributed by atoms with van der Waals surface area (Å²) < 4.78 is 101. The Kier molecular flexibility index (Phi) is 5.93. The molecule has 2 unspecified atom stereocenters. The molecular weight excluding hydrogens is 499 g/mol. The molecule has 0 radical (unpaired) electrons. The lowest BCUT2D eigenvalue weighted by Gasteiger charge is -2.25. The van der Waals surface area contributed by atoms with Crippen LogP contribution in [0.4, 0.5) is 22.0 Å². The van der Waals surface area contributed by atoms with Crippen molar-refractivity contribution in [1.82, 2.24) is 10.1 Å². The fourth-order valence-electron chi connectivity index (χ4n) is 4.28. The van der Waals surface area contributed by atoms with Crippen LogP contribution in [0.5, 0.6) is 5.75 Å². The molecule has 1 amide bonds. The number of halogens is 5. The molecule has 192 valence electrons. The molecular formula is C22H23F5N2O5S. The van der Waals surface area contributed by atoms with Crippen molar-refractivity contribution in [3.63, 3.8) is 0 Å². The van der Waals surface area contributed by atoms with Crippen LogP contribution in [0.25, 0.3) is 0 Å². The van der Waals surface area contributed by atoms with Crippen molar-refractivity contribution in [3.05, 3.63) is 41.3 Å². The summed E-state index contributed by atoms with van der Waals surface area (Å²) in [5.41, 5.74) is -0.938. The molecule has 2 aromatic rings. The number of alkyl halides is 5. The zero-order valence-electron chi connectivity index (χ0n) is 19.0. The van der Waals surface area contributed by atoms with Crippen LogP contribution in [0.3, 0.4) is 0 Å². The number of fused-ring (bicyclic) bond motifs is 1. The van der Waals surface area contributed by atoms with Crippen LogP contribution >= 0.6 is 0 Å². The number of carbonyl (C=O) groups is 1. The molecule has 0 spiro atoms. The SMILES string of the molecule is CCS(=O)(=O)c1ccc(O[C@H](C)C(C)(F)F)c(C(=O)N2CC3CC3(c3cc(C(F)(F)F)on3)C2)c1. The Balaban J connectivity index is 1.64. The summed E-state index contributed by atoms with van der Waals surface area (Å²) in [6.45, 7) is 3.39. The Labute approximate surface area is 198 Å². The molecule has 35 heavy (non-hydrogen) atoms. The number of aromatic nitrogens is 1. The van der Waals surface area contributed by atoms with Crippen molar-refractivity contribution in [2.75, 3.05) is 18.8 Å². The van der Waals surface area contributed by atoms with E-state index in [0.29, 0.717) is 13.3 Å². The minimum absolute atomic E-state index is 0.0179. The number of ether oxygens (including phenoxy) is 1. The summed E-state index contributed by atoms with van der Waals surface area (Å²) in [6.07, 6.45) is -5.81. The van der Waals surface area contributed by atoms with Crippen LogP contribution in [-0.4, -0.2) is 55.3 Å². The standard InChI is InChI=1S/C22H23F5N2O5S/c1-4-35(31,32)14-5-6-16(33-12(2)20(3,23)24)15(7-14)19(30)29-10-13-9-21(13,11-29)17-8-18(34-28-17)22(25,26)27/h5-8,12-13H,4,9-11H2,1-3H3/t12-,13?,21?/m1/s1. The molecule has 1 aliphatic heterocycles. The molecule has 1 aromatic carbocycles. The lowest BCUT2D eigenvalue weighted by atomic mass is 10.0. The van der Waals surface area contributed by atoms with E-state index >= 15 is 0 Å². The maximum Gasteiger partial charge on any atom is 0.452 e. The molecule has 7 nitrogen and oxygen atoms in total. The summed E-state index contributed by atoms with van der Waals surface area (Å²) in [4.78, 5) is 14.6. The van der Waals surface area contributed by atoms with Crippen molar-refractivity contribution in [1.29, 1.82) is 0 Å². The van der Waals surface area contributed by atoms with Gasteiger partial charge < -0.3 is 14.2 Å². The van der Waals surface area contributed by atoms with Crippen molar-refractivity contribution in [2.45, 2.75) is 55.7 Å². The third kappa shape index (κ3) is 4.62. The van der Waals surface area contributed by atoms with Gasteiger partial charge in [-0.15, -0.1) is 0 Å². The first kappa shape index (κ1) is 25.4. The number of hydrogen-bond acceptors (Lipinski definition) is 6. The Morgan fingerprint density at radius 2 is 1.97 bits per heavy atom. The van der Waals surface area contributed by atoms with Crippen molar-refractivity contribution in [2.24, 2.45) is 5.92 Å². The predicted molar refractivity (Wildman–Crippen MR) is 112 cm³/mol. The molecule has 1 saturated carbocycles. The molecule has 2 heterocycles. The molecule has 3 atom stereocenters. The van der Waals surface area contributed by atoms with Crippen molar-refractivity contribution >= 4 is 15.7 Å². The van der Waals surface area contributed by atoms with Gasteiger partial charge in [0.1, 0.15) is 5.75 Å². The lowest BCUT2D eigenvalue weighted by molar-refractivity contribution is -0.155. The topological polar surface area (TPSA) is 89.7 Å². The van der Waals surface area contributed by atoms with Crippen LogP contribution in [0.2, 0.25) is 0 Å². The highest BCUT2D eigenvalue weighted by Gasteiger charge is 2.64. The van der Waals surface area contributed by atoms with E-state index in [1.54, 1.807) is 0 Å². The number of carbonyl (C=O) groups excluding carboxylic acids is 1. The van der Waals surface area contributed by atoms with E-state index in [1.165, 1.54) is 17.9 Å². The van der Waals surface area contributed by atoms with Gasteiger partial charge in [-0.25, -0.2) is 17.2 Å². The second-order valence-electron chi connectivity index (χ2n) is 9.09. The van der Waals surface area contributed by atoms with Gasteiger partial charge >= 0.3 is 6.18 Å². The van der Waals surface area contributed by atoms with Gasteiger partial charge in [-0.1, -0.05) is 12.1 Å². The first-order chi connectivity index (χ1) is 16.1. The Morgan fingerprint density at radius 3 is 2.54 bits per heavy atom. The Bertz CT molecular complexity index is 1250. The molecule has 0 bridgehead atoms. The monoisotopic (exact) mass is 522 g/mol. The predicted octanol–water partition coefficient (Wildman–Crippen LogP) is 4.32. The quantitative estimate of drug-likeness (QED) is 0.503. The fraction of sp³-hybridized carbons (Fsp3) is 0.545. The summed E-state index contributed by atoms with van der Waals surface area (Å²) in [7, 11) is -3.72. The summed E-state index contributed by atoms with van der Waals surface area (Å²) in [5.74, 6) is -5.77. The number of benzene rings is 1. The molecule has 13 heteroatoms. The average molecular weight is 522 g/mol. The minimum Gasteiger partial charge on any atom is -0.484 e. The van der Waals surface area contributed by atoms with E-state index in [4.69, 9.17) is 4.74 Å². The second-order valence-corrected chi connectivity index (χ2v) is 11.4. The highest BCUT2D eigenvalue weighted by Crippen LogP contribution is 2.59. The number of likely N-dealkylation sites (tertiary alicyclic amines) is 1. The third-order valence-corrected chi connectivity index (χ3v) is 8.40. The number of sulfone groups is 1. The molecule has 1 aromatic heterocycles. The van der Waals surface area contributed by atoms with E-state index in [0.717, 1.165) is 25.1 Å². The van der Waals surface area contributed by atoms with Crippen LogP contribution < -0.4 is 4.74 Å². The number of nitrogens with zero attached hydrogens (tertiary/aromatic N) is 2. The number of hydrogen-bond donors (Lipinski definition) is 0. The molecule has 2 fully saturated rings. The molecule has 1 aliphatic carbocycles. The normalized spacial score (nSPS) is 23.2. The van der Waals surface area contributed by atoms with Crippen LogP contribution in [0.1, 0.15) is 49.0 Å². The van der Waals surface area contributed by atoms with E-state index < -0.39 is 45.1 Å². The first-order valence-electron chi connectivity index (χ1n) is 10.8. The van der Waals surface area contributed by atoms with E-state index in [1.807, 2.05) is 0 Å². The van der Waals surface area contributed by atoms with Crippen LogP contribution in [0, 0.1) is 5.92 Å². The van der Waals surface area contributed by atoms with E-state index in [-0.39, 0.29) is 46.7 Å². The van der Waals surface area contributed by atoms with Gasteiger partial charge in [0.2, 0.25) is 5.76 Å². The number of rotatable bonds is 7. The fourth-order valence-corrected chi connectivity index (χ4v) is 5.19. The van der Waals surface area contributed by atoms with Crippen LogP contribution in [-0.2, 0) is 21.4 Å². The highest BCUT2D eigenvalue weighted by atomic mass is 32.2. The van der Waals surface area contributed by atoms with Crippen molar-refractivity contribution in [3.8, 4) is 5.75 Å². The van der Waals surface area contributed by atoms with E-state index in [9.17, 15) is 35.2 Å².